The summed E-state index contributed by atoms with van der Waals surface area (Å²) < 4.78 is 42.0. The molecule has 0 radical (unpaired) electrons. The largest absolute Gasteiger partial charge is 0.445 e. The number of hydrogen-bond acceptors (Lipinski definition) is 3. The van der Waals surface area contributed by atoms with Crippen LogP contribution in [-0.2, 0) is 11.3 Å². The predicted molar refractivity (Wildman–Crippen MR) is 61.3 cm³/mol. The lowest BCUT2D eigenvalue weighted by Gasteiger charge is -2.23. The highest BCUT2D eigenvalue weighted by atomic mass is 19.4. The molecule has 0 spiro atoms. The third-order valence-electron chi connectivity index (χ3n) is 2.32. The molecule has 4 nitrogen and oxygen atoms in total. The molecule has 0 bridgehead atoms. The number of rotatable bonds is 4. The van der Waals surface area contributed by atoms with Gasteiger partial charge in [0.05, 0.1) is 6.10 Å². The SMILES string of the molecule is CC(O)C(NC(=O)OCc1ccccc1)C(F)(F)F. The van der Waals surface area contributed by atoms with E-state index < -0.39 is 24.4 Å². The van der Waals surface area contributed by atoms with E-state index in [2.05, 4.69) is 4.74 Å². The highest BCUT2D eigenvalue weighted by Gasteiger charge is 2.44. The first kappa shape index (κ1) is 15.3. The van der Waals surface area contributed by atoms with Crippen LogP contribution < -0.4 is 5.32 Å². The van der Waals surface area contributed by atoms with Crippen molar-refractivity contribution in [3.8, 4) is 0 Å². The second kappa shape index (κ2) is 6.42. The minimum atomic E-state index is -4.74. The fourth-order valence-corrected chi connectivity index (χ4v) is 1.37. The molecular weight excluding hydrogens is 263 g/mol. The predicted octanol–water partition coefficient (Wildman–Crippen LogP) is 2.22. The van der Waals surface area contributed by atoms with E-state index in [4.69, 9.17) is 5.11 Å². The number of alkyl halides is 3. The van der Waals surface area contributed by atoms with Gasteiger partial charge in [-0.2, -0.15) is 13.2 Å². The Morgan fingerprint density at radius 1 is 1.37 bits per heavy atom. The van der Waals surface area contributed by atoms with Crippen LogP contribution in [0.2, 0.25) is 0 Å². The second-order valence-corrected chi connectivity index (χ2v) is 3.97. The van der Waals surface area contributed by atoms with Gasteiger partial charge in [-0.25, -0.2) is 4.79 Å². The van der Waals surface area contributed by atoms with Crippen molar-refractivity contribution in [3.63, 3.8) is 0 Å². The molecule has 1 rings (SSSR count). The number of nitrogens with one attached hydrogen (secondary N) is 1. The van der Waals surface area contributed by atoms with Gasteiger partial charge >= 0.3 is 12.3 Å². The number of hydrogen-bond donors (Lipinski definition) is 2. The number of aliphatic hydroxyl groups is 1. The lowest BCUT2D eigenvalue weighted by atomic mass is 10.2. The molecule has 0 aromatic heterocycles. The standard InChI is InChI=1S/C12H14F3NO3/c1-8(17)10(12(13,14)15)16-11(18)19-7-9-5-3-2-4-6-9/h2-6,8,10,17H,7H2,1H3,(H,16,18). The van der Waals surface area contributed by atoms with Crippen molar-refractivity contribution in [2.45, 2.75) is 31.9 Å². The summed E-state index contributed by atoms with van der Waals surface area (Å²) in [7, 11) is 0. The van der Waals surface area contributed by atoms with Crippen LogP contribution in [-0.4, -0.2) is 29.5 Å². The molecule has 0 heterocycles. The van der Waals surface area contributed by atoms with Gasteiger partial charge in [0.15, 0.2) is 6.04 Å². The maximum atomic E-state index is 12.5. The molecule has 1 amide bonds. The molecule has 0 saturated carbocycles. The third kappa shape index (κ3) is 5.17. The minimum absolute atomic E-state index is 0.142. The molecule has 19 heavy (non-hydrogen) atoms. The van der Waals surface area contributed by atoms with Crippen LogP contribution in [0.4, 0.5) is 18.0 Å². The van der Waals surface area contributed by atoms with Crippen LogP contribution in [0.1, 0.15) is 12.5 Å². The van der Waals surface area contributed by atoms with Gasteiger partial charge in [-0.3, -0.25) is 0 Å². The van der Waals surface area contributed by atoms with E-state index in [0.29, 0.717) is 5.56 Å². The van der Waals surface area contributed by atoms with Crippen LogP contribution in [0, 0.1) is 0 Å². The van der Waals surface area contributed by atoms with Gasteiger partial charge in [0, 0.05) is 0 Å². The first-order chi connectivity index (χ1) is 8.80. The van der Waals surface area contributed by atoms with Crippen molar-refractivity contribution in [1.82, 2.24) is 5.32 Å². The Kier molecular flexibility index (Phi) is 5.17. The minimum Gasteiger partial charge on any atom is -0.445 e. The normalized spacial score (nSPS) is 14.6. The average molecular weight is 277 g/mol. The summed E-state index contributed by atoms with van der Waals surface area (Å²) in [5.74, 6) is 0. The lowest BCUT2D eigenvalue weighted by molar-refractivity contribution is -0.173. The molecule has 0 fully saturated rings. The Labute approximate surface area is 108 Å². The summed E-state index contributed by atoms with van der Waals surface area (Å²) in [4.78, 5) is 11.2. The number of aliphatic hydroxyl groups excluding tert-OH is 1. The van der Waals surface area contributed by atoms with Gasteiger partial charge in [0.2, 0.25) is 0 Å². The molecule has 2 unspecified atom stereocenters. The Balaban J connectivity index is 2.50. The van der Waals surface area contributed by atoms with Crippen LogP contribution >= 0.6 is 0 Å². The molecule has 1 aromatic rings. The monoisotopic (exact) mass is 277 g/mol. The molecular formula is C12H14F3NO3. The van der Waals surface area contributed by atoms with Crippen LogP contribution in [0.15, 0.2) is 30.3 Å². The van der Waals surface area contributed by atoms with E-state index in [1.165, 1.54) is 0 Å². The Morgan fingerprint density at radius 2 is 1.95 bits per heavy atom. The zero-order chi connectivity index (χ0) is 14.5. The molecule has 0 saturated heterocycles. The highest BCUT2D eigenvalue weighted by molar-refractivity contribution is 5.67. The quantitative estimate of drug-likeness (QED) is 0.887. The van der Waals surface area contributed by atoms with E-state index in [1.54, 1.807) is 35.6 Å². The van der Waals surface area contributed by atoms with E-state index in [-0.39, 0.29) is 6.61 Å². The molecule has 7 heteroatoms. The number of carbonyl (C=O) groups excluding carboxylic acids is 1. The summed E-state index contributed by atoms with van der Waals surface area (Å²) in [6, 6.07) is 6.18. The van der Waals surface area contributed by atoms with Gasteiger partial charge in [-0.1, -0.05) is 30.3 Å². The molecule has 2 atom stereocenters. The van der Waals surface area contributed by atoms with E-state index in [1.807, 2.05) is 0 Å². The third-order valence-corrected chi connectivity index (χ3v) is 2.32. The number of carbonyl (C=O) groups is 1. The maximum absolute atomic E-state index is 12.5. The smallest absolute Gasteiger partial charge is 0.411 e. The lowest BCUT2D eigenvalue weighted by Crippen LogP contribution is -2.51. The molecule has 2 N–H and O–H groups in total. The molecule has 0 aliphatic heterocycles. The number of halogens is 3. The number of alkyl carbamates (subject to hydrolysis) is 1. The number of amides is 1. The van der Waals surface area contributed by atoms with Gasteiger partial charge in [-0.05, 0) is 12.5 Å². The van der Waals surface area contributed by atoms with Crippen molar-refractivity contribution < 1.29 is 27.8 Å². The Hall–Kier alpha value is -1.76. The van der Waals surface area contributed by atoms with Crippen LogP contribution in [0.25, 0.3) is 0 Å². The van der Waals surface area contributed by atoms with E-state index >= 15 is 0 Å². The summed E-state index contributed by atoms with van der Waals surface area (Å²) in [5, 5.41) is 10.6. The van der Waals surface area contributed by atoms with Gasteiger partial charge in [-0.15, -0.1) is 0 Å². The highest BCUT2D eigenvalue weighted by Crippen LogP contribution is 2.22. The zero-order valence-electron chi connectivity index (χ0n) is 10.1. The molecule has 1 aromatic carbocycles. The summed E-state index contributed by atoms with van der Waals surface area (Å²) in [6.45, 7) is 0.798. The van der Waals surface area contributed by atoms with E-state index in [0.717, 1.165) is 6.92 Å². The van der Waals surface area contributed by atoms with Crippen molar-refractivity contribution in [1.29, 1.82) is 0 Å². The fourth-order valence-electron chi connectivity index (χ4n) is 1.37. The van der Waals surface area contributed by atoms with Gasteiger partial charge in [0.25, 0.3) is 0 Å². The van der Waals surface area contributed by atoms with Crippen LogP contribution in [0.3, 0.4) is 0 Å². The van der Waals surface area contributed by atoms with Crippen LogP contribution in [0.5, 0.6) is 0 Å². The molecule has 106 valence electrons. The maximum Gasteiger partial charge on any atom is 0.411 e. The zero-order valence-corrected chi connectivity index (χ0v) is 10.1. The summed E-state index contributed by atoms with van der Waals surface area (Å²) >= 11 is 0. The van der Waals surface area contributed by atoms with Gasteiger partial charge < -0.3 is 15.2 Å². The first-order valence-electron chi connectivity index (χ1n) is 5.52. The molecule has 0 aliphatic rings. The fraction of sp³-hybridized carbons (Fsp3) is 0.417. The van der Waals surface area contributed by atoms with Crippen molar-refractivity contribution in [3.05, 3.63) is 35.9 Å². The van der Waals surface area contributed by atoms with Crippen molar-refractivity contribution in [2.75, 3.05) is 0 Å². The number of ether oxygens (including phenoxy) is 1. The average Bonchev–Trinajstić information content (AvgIpc) is 2.33. The molecule has 0 aliphatic carbocycles. The number of benzene rings is 1. The van der Waals surface area contributed by atoms with Gasteiger partial charge in [0.1, 0.15) is 6.61 Å². The Bertz CT molecular complexity index is 406. The summed E-state index contributed by atoms with van der Waals surface area (Å²) in [5.41, 5.74) is 0.651. The van der Waals surface area contributed by atoms with E-state index in [9.17, 15) is 18.0 Å². The topological polar surface area (TPSA) is 58.6 Å². The van der Waals surface area contributed by atoms with Crippen molar-refractivity contribution in [2.24, 2.45) is 0 Å². The first-order valence-corrected chi connectivity index (χ1v) is 5.52. The van der Waals surface area contributed by atoms with Crippen molar-refractivity contribution >= 4 is 6.09 Å². The second-order valence-electron chi connectivity index (χ2n) is 3.97. The Morgan fingerprint density at radius 3 is 2.42 bits per heavy atom. The summed E-state index contributed by atoms with van der Waals surface area (Å²) in [6.07, 6.45) is -7.73.